The molecule has 0 saturated carbocycles. The van der Waals surface area contributed by atoms with Gasteiger partial charge in [0.25, 0.3) is 11.8 Å². The zero-order valence-corrected chi connectivity index (χ0v) is 15.6. The largest absolute Gasteiger partial charge is 0.497 e. The van der Waals surface area contributed by atoms with Gasteiger partial charge in [-0.25, -0.2) is 0 Å². The third-order valence-corrected chi connectivity index (χ3v) is 3.90. The number of aliphatic hydroxyl groups excluding tert-OH is 1. The Morgan fingerprint density at radius 1 is 1.11 bits per heavy atom. The molecular weight excluding hydrogens is 368 g/mol. The minimum absolute atomic E-state index is 0.0330. The molecule has 0 spiro atoms. The number of amides is 2. The van der Waals surface area contributed by atoms with Gasteiger partial charge in [-0.2, -0.15) is 0 Å². The van der Waals surface area contributed by atoms with Gasteiger partial charge in [-0.05, 0) is 54.5 Å². The van der Waals surface area contributed by atoms with Crippen molar-refractivity contribution in [1.29, 1.82) is 0 Å². The molecule has 0 aliphatic heterocycles. The number of carbonyl (C=O) groups is 2. The summed E-state index contributed by atoms with van der Waals surface area (Å²) >= 11 is 5.88. The summed E-state index contributed by atoms with van der Waals surface area (Å²) in [5, 5.41) is 14.7. The van der Waals surface area contributed by atoms with Crippen molar-refractivity contribution < 1.29 is 19.4 Å². The number of rotatable bonds is 8. The molecule has 0 radical (unpaired) electrons. The topological polar surface area (TPSA) is 87.7 Å². The van der Waals surface area contributed by atoms with Crippen LogP contribution in [-0.2, 0) is 4.79 Å². The van der Waals surface area contributed by atoms with Gasteiger partial charge >= 0.3 is 0 Å². The van der Waals surface area contributed by atoms with E-state index < -0.39 is 11.8 Å². The van der Waals surface area contributed by atoms with E-state index in [4.69, 9.17) is 21.4 Å². The molecule has 142 valence electrons. The fraction of sp³-hybridized carbons (Fsp3) is 0.200. The van der Waals surface area contributed by atoms with Gasteiger partial charge < -0.3 is 20.5 Å². The normalized spacial score (nSPS) is 11.0. The van der Waals surface area contributed by atoms with E-state index in [2.05, 4.69) is 10.6 Å². The highest BCUT2D eigenvalue weighted by Crippen LogP contribution is 2.14. The molecule has 0 aliphatic carbocycles. The second kappa shape index (κ2) is 10.4. The van der Waals surface area contributed by atoms with Crippen LogP contribution in [0, 0.1) is 0 Å². The van der Waals surface area contributed by atoms with Crippen LogP contribution in [0.25, 0.3) is 6.08 Å². The van der Waals surface area contributed by atoms with Crippen LogP contribution < -0.4 is 15.4 Å². The van der Waals surface area contributed by atoms with Crippen molar-refractivity contribution in [3.05, 3.63) is 70.4 Å². The summed E-state index contributed by atoms with van der Waals surface area (Å²) in [6.07, 6.45) is 1.98. The molecule has 3 N–H and O–H groups in total. The Labute approximate surface area is 162 Å². The van der Waals surface area contributed by atoms with Crippen molar-refractivity contribution in [3.8, 4) is 5.75 Å². The third-order valence-electron chi connectivity index (χ3n) is 3.65. The fourth-order valence-corrected chi connectivity index (χ4v) is 2.32. The molecule has 0 fully saturated rings. The first-order chi connectivity index (χ1) is 13.0. The zero-order valence-electron chi connectivity index (χ0n) is 14.9. The minimum Gasteiger partial charge on any atom is -0.497 e. The van der Waals surface area contributed by atoms with Gasteiger partial charge in [-0.1, -0.05) is 23.7 Å². The molecule has 2 rings (SSSR count). The van der Waals surface area contributed by atoms with Gasteiger partial charge in [0.15, 0.2) is 0 Å². The van der Waals surface area contributed by atoms with Crippen LogP contribution in [0.5, 0.6) is 5.75 Å². The summed E-state index contributed by atoms with van der Waals surface area (Å²) in [6, 6.07) is 13.4. The van der Waals surface area contributed by atoms with Gasteiger partial charge in [-0.3, -0.25) is 9.59 Å². The summed E-state index contributed by atoms with van der Waals surface area (Å²) in [4.78, 5) is 24.9. The van der Waals surface area contributed by atoms with Crippen molar-refractivity contribution in [2.24, 2.45) is 0 Å². The number of hydrogen-bond donors (Lipinski definition) is 3. The number of nitrogens with one attached hydrogen (secondary N) is 2. The maximum absolute atomic E-state index is 12.5. The number of ether oxygens (including phenoxy) is 1. The lowest BCUT2D eigenvalue weighted by molar-refractivity contribution is -0.117. The lowest BCUT2D eigenvalue weighted by Gasteiger charge is -2.11. The summed E-state index contributed by atoms with van der Waals surface area (Å²) < 4.78 is 5.07. The molecule has 7 heteroatoms. The average Bonchev–Trinajstić information content (AvgIpc) is 2.69. The Morgan fingerprint density at radius 2 is 1.78 bits per heavy atom. The number of carbonyl (C=O) groups excluding carboxylic acids is 2. The molecule has 2 aromatic carbocycles. The molecule has 2 aromatic rings. The molecule has 0 bridgehead atoms. The molecule has 0 atom stereocenters. The van der Waals surface area contributed by atoms with E-state index in [-0.39, 0.29) is 12.3 Å². The Balaban J connectivity index is 2.20. The van der Waals surface area contributed by atoms with Crippen molar-refractivity contribution in [1.82, 2.24) is 10.6 Å². The number of aliphatic hydroxyl groups is 1. The fourth-order valence-electron chi connectivity index (χ4n) is 2.20. The van der Waals surface area contributed by atoms with Gasteiger partial charge in [0.2, 0.25) is 0 Å². The summed E-state index contributed by atoms with van der Waals surface area (Å²) in [5.41, 5.74) is 1.19. The lowest BCUT2D eigenvalue weighted by atomic mass is 10.1. The maximum Gasteiger partial charge on any atom is 0.267 e. The molecule has 0 aliphatic rings. The first-order valence-electron chi connectivity index (χ1n) is 8.35. The van der Waals surface area contributed by atoms with E-state index in [9.17, 15) is 9.59 Å². The number of halogens is 1. The maximum atomic E-state index is 12.5. The van der Waals surface area contributed by atoms with Crippen LogP contribution in [-0.4, -0.2) is 37.2 Å². The van der Waals surface area contributed by atoms with Crippen LogP contribution in [0.15, 0.2) is 54.2 Å². The molecule has 0 aromatic heterocycles. The molecule has 6 nitrogen and oxygen atoms in total. The Kier molecular flexibility index (Phi) is 7.85. The van der Waals surface area contributed by atoms with E-state index in [1.54, 1.807) is 61.7 Å². The highest BCUT2D eigenvalue weighted by molar-refractivity contribution is 6.30. The molecule has 27 heavy (non-hydrogen) atoms. The highest BCUT2D eigenvalue weighted by atomic mass is 35.5. The van der Waals surface area contributed by atoms with Crippen molar-refractivity contribution in [2.45, 2.75) is 6.42 Å². The van der Waals surface area contributed by atoms with E-state index in [0.717, 1.165) is 0 Å². The average molecular weight is 389 g/mol. The van der Waals surface area contributed by atoms with Crippen LogP contribution >= 0.6 is 11.6 Å². The summed E-state index contributed by atoms with van der Waals surface area (Å²) in [7, 11) is 1.54. The van der Waals surface area contributed by atoms with Crippen LogP contribution in [0.1, 0.15) is 22.3 Å². The molecule has 2 amide bonds. The summed E-state index contributed by atoms with van der Waals surface area (Å²) in [6.45, 7) is 0.264. The highest BCUT2D eigenvalue weighted by Gasteiger charge is 2.14. The molecule has 0 saturated heterocycles. The smallest absolute Gasteiger partial charge is 0.267 e. The molecular formula is C20H21ClN2O4. The second-order valence-electron chi connectivity index (χ2n) is 5.63. The molecule has 0 heterocycles. The minimum atomic E-state index is -0.444. The van der Waals surface area contributed by atoms with Crippen molar-refractivity contribution >= 4 is 29.5 Å². The predicted octanol–water partition coefficient (Wildman–Crippen LogP) is 2.62. The van der Waals surface area contributed by atoms with Crippen LogP contribution in [0.4, 0.5) is 0 Å². The monoisotopic (exact) mass is 388 g/mol. The van der Waals surface area contributed by atoms with Gasteiger partial charge in [0, 0.05) is 23.7 Å². The van der Waals surface area contributed by atoms with Gasteiger partial charge in [0.05, 0.1) is 7.11 Å². The number of methoxy groups -OCH3 is 1. The predicted molar refractivity (Wildman–Crippen MR) is 105 cm³/mol. The number of benzene rings is 2. The van der Waals surface area contributed by atoms with Crippen LogP contribution in [0.2, 0.25) is 5.02 Å². The second-order valence-corrected chi connectivity index (χ2v) is 6.06. The molecule has 0 unspecified atom stereocenters. The van der Waals surface area contributed by atoms with E-state index in [1.807, 2.05) is 0 Å². The standard InChI is InChI=1S/C20H21ClN2O4/c1-27-17-9-5-15(6-10-17)19(25)23-18(20(26)22-11-2-12-24)13-14-3-7-16(21)8-4-14/h3-10,13,24H,2,11-12H2,1H3,(H,22,26)(H,23,25). The lowest BCUT2D eigenvalue weighted by Crippen LogP contribution is -2.35. The number of hydrogen-bond acceptors (Lipinski definition) is 4. The summed E-state index contributed by atoms with van der Waals surface area (Å²) in [5.74, 6) is -0.235. The Hall–Kier alpha value is -2.83. The Bertz CT molecular complexity index is 802. The van der Waals surface area contributed by atoms with E-state index >= 15 is 0 Å². The Morgan fingerprint density at radius 3 is 2.37 bits per heavy atom. The SMILES string of the molecule is COc1ccc(C(=O)NC(=Cc2ccc(Cl)cc2)C(=O)NCCCO)cc1. The van der Waals surface area contributed by atoms with Gasteiger partial charge in [0.1, 0.15) is 11.4 Å². The van der Waals surface area contributed by atoms with Gasteiger partial charge in [-0.15, -0.1) is 0 Å². The van der Waals surface area contributed by atoms with E-state index in [1.165, 1.54) is 0 Å². The third kappa shape index (κ3) is 6.44. The zero-order chi connectivity index (χ0) is 19.6. The van der Waals surface area contributed by atoms with E-state index in [0.29, 0.717) is 34.9 Å². The van der Waals surface area contributed by atoms with Crippen molar-refractivity contribution in [3.63, 3.8) is 0 Å². The van der Waals surface area contributed by atoms with Crippen LogP contribution in [0.3, 0.4) is 0 Å². The van der Waals surface area contributed by atoms with Crippen molar-refractivity contribution in [2.75, 3.05) is 20.3 Å². The first kappa shape index (κ1) is 20.5. The quantitative estimate of drug-likeness (QED) is 0.479. The first-order valence-corrected chi connectivity index (χ1v) is 8.73.